The number of hydrogen-bond donors (Lipinski definition) is 0. The van der Waals surface area contributed by atoms with Crippen LogP contribution in [0.15, 0.2) is 12.5 Å². The molecule has 0 fully saturated rings. The molecule has 0 spiro atoms. The van der Waals surface area contributed by atoms with Gasteiger partial charge in [0.25, 0.3) is 5.92 Å². The Labute approximate surface area is 74.6 Å². The summed E-state index contributed by atoms with van der Waals surface area (Å²) in [5.41, 5.74) is 0.518. The van der Waals surface area contributed by atoms with E-state index in [2.05, 4.69) is 4.98 Å². The number of aromatic nitrogens is 2. The number of halogens is 2. The predicted octanol–water partition coefficient (Wildman–Crippen LogP) is 1.60. The summed E-state index contributed by atoms with van der Waals surface area (Å²) in [6, 6.07) is 1.89. The van der Waals surface area contributed by atoms with Crippen LogP contribution in [0.1, 0.15) is 12.6 Å². The fourth-order valence-electron chi connectivity index (χ4n) is 1.02. The summed E-state index contributed by atoms with van der Waals surface area (Å²) >= 11 is 0. The van der Waals surface area contributed by atoms with Gasteiger partial charge in [-0.2, -0.15) is 5.26 Å². The lowest BCUT2D eigenvalue weighted by Crippen LogP contribution is -2.20. The highest BCUT2D eigenvalue weighted by atomic mass is 19.3. The van der Waals surface area contributed by atoms with Gasteiger partial charge in [0.15, 0.2) is 0 Å². The quantitative estimate of drug-likeness (QED) is 0.717. The van der Waals surface area contributed by atoms with Crippen LogP contribution in [0.2, 0.25) is 0 Å². The summed E-state index contributed by atoms with van der Waals surface area (Å²) in [5.74, 6) is -2.77. The van der Waals surface area contributed by atoms with E-state index >= 15 is 0 Å². The Morgan fingerprint density at radius 3 is 2.92 bits per heavy atom. The van der Waals surface area contributed by atoms with E-state index in [1.54, 1.807) is 0 Å². The van der Waals surface area contributed by atoms with Crippen LogP contribution in [-0.2, 0) is 13.0 Å². The first kappa shape index (κ1) is 9.65. The molecule has 0 saturated carbocycles. The first-order valence-electron chi connectivity index (χ1n) is 3.77. The van der Waals surface area contributed by atoms with Crippen molar-refractivity contribution in [2.24, 2.45) is 0 Å². The normalized spacial score (nSPS) is 11.2. The SMILES string of the molecule is CC(F)(F)Cn1cncc1CC#N. The Kier molecular flexibility index (Phi) is 2.61. The zero-order chi connectivity index (χ0) is 9.90. The highest BCUT2D eigenvalue weighted by Crippen LogP contribution is 2.15. The molecule has 0 aliphatic carbocycles. The van der Waals surface area contributed by atoms with E-state index in [0.29, 0.717) is 5.69 Å². The second kappa shape index (κ2) is 3.52. The summed E-state index contributed by atoms with van der Waals surface area (Å²) in [7, 11) is 0. The molecule has 0 saturated heterocycles. The predicted molar refractivity (Wildman–Crippen MR) is 42.2 cm³/mol. The van der Waals surface area contributed by atoms with Gasteiger partial charge in [-0.25, -0.2) is 13.8 Å². The van der Waals surface area contributed by atoms with Gasteiger partial charge >= 0.3 is 0 Å². The third-order valence-corrected chi connectivity index (χ3v) is 1.51. The van der Waals surface area contributed by atoms with Crippen LogP contribution >= 0.6 is 0 Å². The van der Waals surface area contributed by atoms with Gasteiger partial charge in [0.05, 0.1) is 31.1 Å². The second-order valence-electron chi connectivity index (χ2n) is 2.92. The van der Waals surface area contributed by atoms with Crippen molar-refractivity contribution in [1.82, 2.24) is 9.55 Å². The summed E-state index contributed by atoms with van der Waals surface area (Å²) in [5, 5.41) is 8.38. The molecular formula is C8H9F2N3. The molecule has 3 nitrogen and oxygen atoms in total. The summed E-state index contributed by atoms with van der Waals surface area (Å²) in [6.45, 7) is 0.410. The van der Waals surface area contributed by atoms with Crippen LogP contribution in [0.5, 0.6) is 0 Å². The summed E-state index contributed by atoms with van der Waals surface area (Å²) < 4.78 is 26.4. The minimum absolute atomic E-state index is 0.107. The van der Waals surface area contributed by atoms with Gasteiger partial charge in [0, 0.05) is 13.1 Å². The lowest BCUT2D eigenvalue weighted by molar-refractivity contribution is 0.00330. The molecule has 1 heterocycles. The zero-order valence-electron chi connectivity index (χ0n) is 7.17. The van der Waals surface area contributed by atoms with Gasteiger partial charge in [-0.1, -0.05) is 0 Å². The standard InChI is InChI=1S/C8H9F2N3/c1-8(9,10)5-13-6-12-4-7(13)2-3-11/h4,6H,2,5H2,1H3. The molecule has 70 valence electrons. The molecule has 0 amide bonds. The van der Waals surface area contributed by atoms with Gasteiger partial charge < -0.3 is 4.57 Å². The number of alkyl halides is 2. The van der Waals surface area contributed by atoms with Crippen molar-refractivity contribution in [3.8, 4) is 6.07 Å². The molecule has 0 aromatic carbocycles. The summed E-state index contributed by atoms with van der Waals surface area (Å²) in [6.07, 6.45) is 2.84. The van der Waals surface area contributed by atoms with Crippen molar-refractivity contribution in [2.45, 2.75) is 25.8 Å². The number of nitriles is 1. The molecule has 0 radical (unpaired) electrons. The van der Waals surface area contributed by atoms with Crippen LogP contribution in [0.25, 0.3) is 0 Å². The van der Waals surface area contributed by atoms with Gasteiger partial charge in [-0.15, -0.1) is 0 Å². The number of hydrogen-bond acceptors (Lipinski definition) is 2. The molecule has 0 aliphatic rings. The maximum atomic E-state index is 12.6. The third kappa shape index (κ3) is 2.82. The van der Waals surface area contributed by atoms with Crippen LogP contribution < -0.4 is 0 Å². The van der Waals surface area contributed by atoms with Gasteiger partial charge in [0.2, 0.25) is 0 Å². The van der Waals surface area contributed by atoms with Crippen molar-refractivity contribution in [3.63, 3.8) is 0 Å². The molecule has 1 aromatic heterocycles. The Bertz CT molecular complexity index is 319. The van der Waals surface area contributed by atoms with Crippen LogP contribution in [0, 0.1) is 11.3 Å². The van der Waals surface area contributed by atoms with Crippen LogP contribution in [0.4, 0.5) is 8.78 Å². The zero-order valence-corrected chi connectivity index (χ0v) is 7.17. The number of nitrogens with zero attached hydrogens (tertiary/aromatic N) is 3. The number of imidazole rings is 1. The topological polar surface area (TPSA) is 41.6 Å². The highest BCUT2D eigenvalue weighted by Gasteiger charge is 2.22. The molecule has 5 heteroatoms. The van der Waals surface area contributed by atoms with E-state index in [-0.39, 0.29) is 6.42 Å². The molecule has 1 aromatic rings. The van der Waals surface area contributed by atoms with E-state index in [4.69, 9.17) is 5.26 Å². The molecule has 0 unspecified atom stereocenters. The first-order valence-corrected chi connectivity index (χ1v) is 3.77. The monoisotopic (exact) mass is 185 g/mol. The lowest BCUT2D eigenvalue weighted by Gasteiger charge is -2.12. The van der Waals surface area contributed by atoms with E-state index in [1.165, 1.54) is 17.1 Å². The Hall–Kier alpha value is -1.44. The third-order valence-electron chi connectivity index (χ3n) is 1.51. The minimum atomic E-state index is -2.77. The van der Waals surface area contributed by atoms with Crippen molar-refractivity contribution in [3.05, 3.63) is 18.2 Å². The van der Waals surface area contributed by atoms with E-state index in [1.807, 2.05) is 6.07 Å². The highest BCUT2D eigenvalue weighted by molar-refractivity contribution is 5.05. The minimum Gasteiger partial charge on any atom is -0.328 e. The average Bonchev–Trinajstić information content (AvgIpc) is 2.34. The molecule has 0 bridgehead atoms. The molecule has 0 N–H and O–H groups in total. The van der Waals surface area contributed by atoms with E-state index in [0.717, 1.165) is 6.92 Å². The molecular weight excluding hydrogens is 176 g/mol. The largest absolute Gasteiger partial charge is 0.328 e. The van der Waals surface area contributed by atoms with E-state index in [9.17, 15) is 8.78 Å². The van der Waals surface area contributed by atoms with Crippen molar-refractivity contribution >= 4 is 0 Å². The molecule has 13 heavy (non-hydrogen) atoms. The Balaban J connectivity index is 2.78. The molecule has 1 rings (SSSR count). The molecule has 0 atom stereocenters. The van der Waals surface area contributed by atoms with Crippen molar-refractivity contribution in [1.29, 1.82) is 5.26 Å². The maximum Gasteiger partial charge on any atom is 0.262 e. The Morgan fingerprint density at radius 2 is 2.38 bits per heavy atom. The average molecular weight is 185 g/mol. The maximum absolute atomic E-state index is 12.6. The van der Waals surface area contributed by atoms with Gasteiger partial charge in [0.1, 0.15) is 0 Å². The van der Waals surface area contributed by atoms with E-state index < -0.39 is 12.5 Å². The lowest BCUT2D eigenvalue weighted by atomic mass is 10.3. The van der Waals surface area contributed by atoms with Crippen LogP contribution in [-0.4, -0.2) is 15.5 Å². The fourth-order valence-corrected chi connectivity index (χ4v) is 1.02. The van der Waals surface area contributed by atoms with Crippen molar-refractivity contribution < 1.29 is 8.78 Å². The van der Waals surface area contributed by atoms with Crippen molar-refractivity contribution in [2.75, 3.05) is 0 Å². The number of rotatable bonds is 3. The smallest absolute Gasteiger partial charge is 0.262 e. The molecule has 0 aliphatic heterocycles. The van der Waals surface area contributed by atoms with Gasteiger partial charge in [-0.05, 0) is 0 Å². The van der Waals surface area contributed by atoms with Gasteiger partial charge in [-0.3, -0.25) is 0 Å². The fraction of sp³-hybridized carbons (Fsp3) is 0.500. The first-order chi connectivity index (χ1) is 6.03. The summed E-state index contributed by atoms with van der Waals surface area (Å²) in [4.78, 5) is 3.70. The second-order valence-corrected chi connectivity index (χ2v) is 2.92. The Morgan fingerprint density at radius 1 is 1.69 bits per heavy atom. The van der Waals surface area contributed by atoms with Crippen LogP contribution in [0.3, 0.4) is 0 Å².